The zero-order valence-electron chi connectivity index (χ0n) is 9.49. The van der Waals surface area contributed by atoms with Gasteiger partial charge >= 0.3 is 0 Å². The van der Waals surface area contributed by atoms with Crippen molar-refractivity contribution in [2.24, 2.45) is 5.92 Å². The van der Waals surface area contributed by atoms with Crippen LogP contribution in [0.1, 0.15) is 37.7 Å². The normalized spacial score (nSPS) is 17.3. The topological polar surface area (TPSA) is 22.1 Å². The van der Waals surface area contributed by atoms with Crippen molar-refractivity contribution in [1.29, 1.82) is 0 Å². The summed E-state index contributed by atoms with van der Waals surface area (Å²) in [6.07, 6.45) is 10.2. The second-order valence-corrected chi connectivity index (χ2v) is 4.70. The Kier molecular flexibility index (Phi) is 4.46. The van der Waals surface area contributed by atoms with Crippen molar-refractivity contribution in [2.45, 2.75) is 38.0 Å². The van der Waals surface area contributed by atoms with E-state index in [2.05, 4.69) is 4.98 Å². The Bertz CT molecular complexity index is 323. The summed E-state index contributed by atoms with van der Waals surface area (Å²) in [5, 5.41) is 0. The number of hydrogen-bond acceptors (Lipinski definition) is 2. The molecule has 88 valence electrons. The van der Waals surface area contributed by atoms with Crippen LogP contribution in [0.4, 0.5) is 0 Å². The Labute approximate surface area is 102 Å². The van der Waals surface area contributed by atoms with Gasteiger partial charge in [0, 0.05) is 18.0 Å². The summed E-state index contributed by atoms with van der Waals surface area (Å²) in [6, 6.07) is 1.90. The van der Waals surface area contributed by atoms with Crippen molar-refractivity contribution in [3.63, 3.8) is 0 Å². The van der Waals surface area contributed by atoms with Gasteiger partial charge in [0.25, 0.3) is 0 Å². The Balaban J connectivity index is 1.88. The Morgan fingerprint density at radius 2 is 2.12 bits per heavy atom. The minimum absolute atomic E-state index is 0.466. The van der Waals surface area contributed by atoms with Crippen LogP contribution in [0.15, 0.2) is 18.5 Å². The van der Waals surface area contributed by atoms with E-state index < -0.39 is 0 Å². The van der Waals surface area contributed by atoms with E-state index in [-0.39, 0.29) is 0 Å². The molecule has 0 saturated heterocycles. The molecular formula is C13H18ClNO. The summed E-state index contributed by atoms with van der Waals surface area (Å²) >= 11 is 5.83. The lowest BCUT2D eigenvalue weighted by Gasteiger charge is -2.22. The summed E-state index contributed by atoms with van der Waals surface area (Å²) in [4.78, 5) is 4.05. The third kappa shape index (κ3) is 3.11. The van der Waals surface area contributed by atoms with E-state index >= 15 is 0 Å². The Morgan fingerprint density at radius 3 is 2.88 bits per heavy atom. The average molecular weight is 240 g/mol. The van der Waals surface area contributed by atoms with Gasteiger partial charge in [0.05, 0.1) is 12.5 Å². The lowest BCUT2D eigenvalue weighted by atomic mass is 9.90. The molecular weight excluding hydrogens is 222 g/mol. The maximum absolute atomic E-state index is 5.84. The fourth-order valence-electron chi connectivity index (χ4n) is 2.22. The molecule has 1 aliphatic carbocycles. The van der Waals surface area contributed by atoms with E-state index in [4.69, 9.17) is 16.3 Å². The summed E-state index contributed by atoms with van der Waals surface area (Å²) in [5.41, 5.74) is 0.986. The van der Waals surface area contributed by atoms with E-state index in [1.54, 1.807) is 12.4 Å². The van der Waals surface area contributed by atoms with Crippen LogP contribution in [0.2, 0.25) is 0 Å². The number of ether oxygens (including phenoxy) is 1. The molecule has 0 aromatic carbocycles. The first kappa shape index (κ1) is 11.7. The molecule has 2 nitrogen and oxygen atoms in total. The zero-order valence-corrected chi connectivity index (χ0v) is 10.2. The molecule has 1 heterocycles. The minimum atomic E-state index is 0.466. The van der Waals surface area contributed by atoms with Crippen molar-refractivity contribution in [2.75, 3.05) is 6.61 Å². The first-order valence-electron chi connectivity index (χ1n) is 6.02. The standard InChI is InChI=1S/C13H18ClNO/c14-8-12-9-15-7-6-13(12)16-10-11-4-2-1-3-5-11/h6-7,9,11H,1-5,8,10H2. The van der Waals surface area contributed by atoms with Crippen LogP contribution in [0.5, 0.6) is 5.75 Å². The second kappa shape index (κ2) is 6.09. The zero-order chi connectivity index (χ0) is 11.2. The smallest absolute Gasteiger partial charge is 0.126 e. The van der Waals surface area contributed by atoms with Crippen molar-refractivity contribution < 1.29 is 4.74 Å². The lowest BCUT2D eigenvalue weighted by molar-refractivity contribution is 0.207. The van der Waals surface area contributed by atoms with Gasteiger partial charge in [0.1, 0.15) is 5.75 Å². The number of alkyl halides is 1. The highest BCUT2D eigenvalue weighted by atomic mass is 35.5. The van der Waals surface area contributed by atoms with Gasteiger partial charge in [-0.25, -0.2) is 0 Å². The highest BCUT2D eigenvalue weighted by molar-refractivity contribution is 6.17. The molecule has 0 N–H and O–H groups in total. The monoisotopic (exact) mass is 239 g/mol. The summed E-state index contributed by atoms with van der Waals surface area (Å²) < 4.78 is 5.84. The lowest BCUT2D eigenvalue weighted by Crippen LogP contribution is -2.15. The van der Waals surface area contributed by atoms with Crippen molar-refractivity contribution in [3.05, 3.63) is 24.0 Å². The van der Waals surface area contributed by atoms with Crippen molar-refractivity contribution in [1.82, 2.24) is 4.98 Å². The molecule has 1 aromatic heterocycles. The van der Waals surface area contributed by atoms with E-state index in [1.165, 1.54) is 32.1 Å². The van der Waals surface area contributed by atoms with Gasteiger partial charge in [0.15, 0.2) is 0 Å². The minimum Gasteiger partial charge on any atom is -0.493 e. The van der Waals surface area contributed by atoms with E-state index in [0.717, 1.165) is 23.8 Å². The van der Waals surface area contributed by atoms with Gasteiger partial charge in [-0.1, -0.05) is 19.3 Å². The maximum Gasteiger partial charge on any atom is 0.126 e. The first-order valence-corrected chi connectivity index (χ1v) is 6.55. The maximum atomic E-state index is 5.84. The van der Waals surface area contributed by atoms with Gasteiger partial charge in [-0.05, 0) is 24.8 Å². The fraction of sp³-hybridized carbons (Fsp3) is 0.615. The van der Waals surface area contributed by atoms with Crippen LogP contribution in [-0.4, -0.2) is 11.6 Å². The van der Waals surface area contributed by atoms with Crippen molar-refractivity contribution in [3.8, 4) is 5.75 Å². The number of nitrogens with zero attached hydrogens (tertiary/aromatic N) is 1. The van der Waals surface area contributed by atoms with Gasteiger partial charge < -0.3 is 4.74 Å². The predicted molar refractivity (Wildman–Crippen MR) is 65.9 cm³/mol. The number of rotatable bonds is 4. The highest BCUT2D eigenvalue weighted by Gasteiger charge is 2.14. The molecule has 1 aromatic rings. The summed E-state index contributed by atoms with van der Waals surface area (Å²) in [6.45, 7) is 0.827. The predicted octanol–water partition coefficient (Wildman–Crippen LogP) is 3.78. The van der Waals surface area contributed by atoms with E-state index in [9.17, 15) is 0 Å². The molecule has 1 saturated carbocycles. The molecule has 16 heavy (non-hydrogen) atoms. The molecule has 0 radical (unpaired) electrons. The van der Waals surface area contributed by atoms with Gasteiger partial charge in [0.2, 0.25) is 0 Å². The van der Waals surface area contributed by atoms with Gasteiger partial charge in [-0.2, -0.15) is 0 Å². The van der Waals surface area contributed by atoms with Gasteiger partial charge in [-0.15, -0.1) is 11.6 Å². The van der Waals surface area contributed by atoms with E-state index in [1.807, 2.05) is 6.07 Å². The van der Waals surface area contributed by atoms with E-state index in [0.29, 0.717) is 5.88 Å². The molecule has 0 amide bonds. The van der Waals surface area contributed by atoms with Gasteiger partial charge in [-0.3, -0.25) is 4.98 Å². The molecule has 0 bridgehead atoms. The molecule has 1 fully saturated rings. The average Bonchev–Trinajstić information content (AvgIpc) is 2.38. The number of pyridine rings is 1. The quantitative estimate of drug-likeness (QED) is 0.746. The third-order valence-corrected chi connectivity index (χ3v) is 3.49. The summed E-state index contributed by atoms with van der Waals surface area (Å²) in [7, 11) is 0. The molecule has 0 spiro atoms. The van der Waals surface area contributed by atoms with Crippen molar-refractivity contribution >= 4 is 11.6 Å². The number of aromatic nitrogens is 1. The number of hydrogen-bond donors (Lipinski definition) is 0. The molecule has 0 atom stereocenters. The van der Waals surface area contributed by atoms with Crippen LogP contribution in [0, 0.1) is 5.92 Å². The summed E-state index contributed by atoms with van der Waals surface area (Å²) in [5.74, 6) is 2.09. The second-order valence-electron chi connectivity index (χ2n) is 4.43. The van der Waals surface area contributed by atoms with Crippen LogP contribution in [0.25, 0.3) is 0 Å². The number of halogens is 1. The first-order chi connectivity index (χ1) is 7.90. The van der Waals surface area contributed by atoms with Crippen LogP contribution < -0.4 is 4.74 Å². The fourth-order valence-corrected chi connectivity index (χ4v) is 2.42. The largest absolute Gasteiger partial charge is 0.493 e. The van der Waals surface area contributed by atoms with Crippen LogP contribution in [-0.2, 0) is 5.88 Å². The molecule has 0 unspecified atom stereocenters. The molecule has 3 heteroatoms. The van der Waals surface area contributed by atoms with Crippen LogP contribution in [0.3, 0.4) is 0 Å². The Morgan fingerprint density at radius 1 is 1.31 bits per heavy atom. The van der Waals surface area contributed by atoms with Crippen LogP contribution >= 0.6 is 11.6 Å². The Hall–Kier alpha value is -0.760. The molecule has 0 aliphatic heterocycles. The third-order valence-electron chi connectivity index (χ3n) is 3.20. The molecule has 2 rings (SSSR count). The highest BCUT2D eigenvalue weighted by Crippen LogP contribution is 2.25. The SMILES string of the molecule is ClCc1cnccc1OCC1CCCCC1. The molecule has 1 aliphatic rings.